The molecule has 0 spiro atoms. The van der Waals surface area contributed by atoms with Crippen LogP contribution < -0.4 is 0 Å². The van der Waals surface area contributed by atoms with Crippen LogP contribution in [0.1, 0.15) is 15.6 Å². The molecule has 0 bridgehead atoms. The van der Waals surface area contributed by atoms with Gasteiger partial charge in [-0.15, -0.1) is 11.3 Å². The number of hydrogen-bond acceptors (Lipinski definition) is 5. The lowest BCUT2D eigenvalue weighted by Gasteiger charge is -1.96. The van der Waals surface area contributed by atoms with E-state index in [4.69, 9.17) is 5.11 Å². The van der Waals surface area contributed by atoms with Crippen LogP contribution in [-0.4, -0.2) is 28.9 Å². The first-order chi connectivity index (χ1) is 6.56. The molecule has 1 N–H and O–H groups in total. The number of carboxylic acids is 1. The van der Waals surface area contributed by atoms with Crippen molar-refractivity contribution < 1.29 is 14.7 Å². The van der Waals surface area contributed by atoms with E-state index in [1.54, 1.807) is 6.92 Å². The molecule has 1 aromatic rings. The zero-order valence-electron chi connectivity index (χ0n) is 8.07. The van der Waals surface area contributed by atoms with Crippen LogP contribution in [0.15, 0.2) is 5.16 Å². The van der Waals surface area contributed by atoms with Crippen molar-refractivity contribution in [1.82, 2.24) is 4.98 Å². The van der Waals surface area contributed by atoms with Gasteiger partial charge in [-0.1, -0.05) is 5.16 Å². The van der Waals surface area contributed by atoms with Gasteiger partial charge in [0.1, 0.15) is 12.8 Å². The Morgan fingerprint density at radius 2 is 2.21 bits per heavy atom. The van der Waals surface area contributed by atoms with Crippen LogP contribution in [0.3, 0.4) is 0 Å². The summed E-state index contributed by atoms with van der Waals surface area (Å²) in [6.07, 6.45) is 0. The molecular weight excluding hydrogens is 204 g/mol. The normalized spacial score (nSPS) is 11.5. The molecule has 0 amide bonds. The Morgan fingerprint density at radius 1 is 1.57 bits per heavy atom. The molecule has 0 fully saturated rings. The third-order valence-electron chi connectivity index (χ3n) is 1.51. The van der Waals surface area contributed by atoms with E-state index in [2.05, 4.69) is 15.0 Å². The molecule has 0 unspecified atom stereocenters. The maximum absolute atomic E-state index is 10.8. The highest BCUT2D eigenvalue weighted by Gasteiger charge is 2.19. The third kappa shape index (κ3) is 2.08. The van der Waals surface area contributed by atoms with Crippen molar-refractivity contribution in [2.75, 3.05) is 7.11 Å². The quantitative estimate of drug-likeness (QED) is 0.606. The second kappa shape index (κ2) is 4.19. The Kier molecular flexibility index (Phi) is 3.19. The van der Waals surface area contributed by atoms with Crippen molar-refractivity contribution in [2.45, 2.75) is 13.8 Å². The average molecular weight is 214 g/mol. The van der Waals surface area contributed by atoms with E-state index in [0.29, 0.717) is 5.69 Å². The summed E-state index contributed by atoms with van der Waals surface area (Å²) in [5.41, 5.74) is 0.219. The fraction of sp³-hybridized carbons (Fsp3) is 0.375. The number of aromatic nitrogens is 1. The molecule has 0 atom stereocenters. The van der Waals surface area contributed by atoms with E-state index in [0.717, 1.165) is 9.88 Å². The Morgan fingerprint density at radius 3 is 2.57 bits per heavy atom. The maximum atomic E-state index is 10.8. The van der Waals surface area contributed by atoms with Gasteiger partial charge in [-0.05, 0) is 13.8 Å². The van der Waals surface area contributed by atoms with Gasteiger partial charge < -0.3 is 9.94 Å². The number of aryl methyl sites for hydroxylation is 2. The molecule has 1 aromatic heterocycles. The highest BCUT2D eigenvalue weighted by Crippen LogP contribution is 2.17. The highest BCUT2D eigenvalue weighted by atomic mass is 32.1. The SMILES string of the molecule is CON=C(C(=O)O)c1nc(C)sc1C. The minimum Gasteiger partial charge on any atom is -0.476 e. The van der Waals surface area contributed by atoms with Crippen LogP contribution in [-0.2, 0) is 9.63 Å². The van der Waals surface area contributed by atoms with E-state index in [1.165, 1.54) is 18.4 Å². The summed E-state index contributed by atoms with van der Waals surface area (Å²) >= 11 is 1.43. The van der Waals surface area contributed by atoms with Crippen LogP contribution in [0, 0.1) is 13.8 Å². The van der Waals surface area contributed by atoms with Gasteiger partial charge in [0.05, 0.1) is 5.01 Å². The monoisotopic (exact) mass is 214 g/mol. The Labute approximate surface area is 85.0 Å². The minimum atomic E-state index is -1.14. The first-order valence-electron chi connectivity index (χ1n) is 3.85. The number of carbonyl (C=O) groups is 1. The number of carboxylic acid groups (broad SMARTS) is 1. The van der Waals surface area contributed by atoms with Gasteiger partial charge in [0.15, 0.2) is 0 Å². The smallest absolute Gasteiger partial charge is 0.360 e. The van der Waals surface area contributed by atoms with Crippen molar-refractivity contribution >= 4 is 23.0 Å². The van der Waals surface area contributed by atoms with Gasteiger partial charge in [-0.3, -0.25) is 0 Å². The number of rotatable bonds is 3. The molecule has 0 aliphatic rings. The molecule has 0 saturated carbocycles. The second-order valence-electron chi connectivity index (χ2n) is 2.57. The minimum absolute atomic E-state index is 0.158. The van der Waals surface area contributed by atoms with Crippen LogP contribution in [0.5, 0.6) is 0 Å². The van der Waals surface area contributed by atoms with Gasteiger partial charge in [0.2, 0.25) is 5.71 Å². The van der Waals surface area contributed by atoms with E-state index < -0.39 is 5.97 Å². The maximum Gasteiger partial charge on any atom is 0.360 e. The Bertz CT molecular complexity index is 384. The summed E-state index contributed by atoms with van der Waals surface area (Å²) in [7, 11) is 1.30. The van der Waals surface area contributed by atoms with Crippen LogP contribution in [0.25, 0.3) is 0 Å². The summed E-state index contributed by atoms with van der Waals surface area (Å²) < 4.78 is 0. The highest BCUT2D eigenvalue weighted by molar-refractivity contribution is 7.11. The van der Waals surface area contributed by atoms with E-state index in [1.807, 2.05) is 6.92 Å². The molecular formula is C8H10N2O3S. The van der Waals surface area contributed by atoms with Crippen molar-refractivity contribution in [3.8, 4) is 0 Å². The van der Waals surface area contributed by atoms with Crippen LogP contribution in [0.2, 0.25) is 0 Å². The zero-order valence-corrected chi connectivity index (χ0v) is 8.88. The van der Waals surface area contributed by atoms with Crippen molar-refractivity contribution in [1.29, 1.82) is 0 Å². The van der Waals surface area contributed by atoms with Gasteiger partial charge in [0.25, 0.3) is 0 Å². The predicted molar refractivity (Wildman–Crippen MR) is 52.8 cm³/mol. The molecule has 0 radical (unpaired) electrons. The molecule has 0 saturated heterocycles. The van der Waals surface area contributed by atoms with E-state index >= 15 is 0 Å². The molecule has 76 valence electrons. The fourth-order valence-electron chi connectivity index (χ4n) is 1.02. The lowest BCUT2D eigenvalue weighted by Crippen LogP contribution is -2.16. The van der Waals surface area contributed by atoms with Crippen LogP contribution in [0.4, 0.5) is 0 Å². The van der Waals surface area contributed by atoms with E-state index in [9.17, 15) is 4.79 Å². The van der Waals surface area contributed by atoms with E-state index in [-0.39, 0.29) is 5.71 Å². The second-order valence-corrected chi connectivity index (χ2v) is 3.97. The first kappa shape index (κ1) is 10.6. The zero-order chi connectivity index (χ0) is 10.7. The summed E-state index contributed by atoms with van der Waals surface area (Å²) in [5, 5.41) is 13.1. The molecule has 6 heteroatoms. The number of hydrogen-bond donors (Lipinski definition) is 1. The summed E-state index contributed by atoms with van der Waals surface area (Å²) in [6.45, 7) is 3.61. The Hall–Kier alpha value is -1.43. The standard InChI is InChI=1S/C8H10N2O3S/c1-4-6(9-5(2)14-4)7(8(11)12)10-13-3/h1-3H3,(H,11,12). The predicted octanol–water partition coefficient (Wildman–Crippen LogP) is 1.20. The van der Waals surface area contributed by atoms with Crippen molar-refractivity contribution in [3.63, 3.8) is 0 Å². The third-order valence-corrected chi connectivity index (χ3v) is 2.40. The van der Waals surface area contributed by atoms with Crippen molar-refractivity contribution in [2.24, 2.45) is 5.16 Å². The first-order valence-corrected chi connectivity index (χ1v) is 4.66. The summed E-state index contributed by atoms with van der Waals surface area (Å²) in [4.78, 5) is 20.2. The molecule has 0 aliphatic carbocycles. The average Bonchev–Trinajstić information content (AvgIpc) is 2.40. The van der Waals surface area contributed by atoms with Crippen LogP contribution >= 0.6 is 11.3 Å². The van der Waals surface area contributed by atoms with Gasteiger partial charge in [-0.25, -0.2) is 9.78 Å². The van der Waals surface area contributed by atoms with Crippen molar-refractivity contribution in [3.05, 3.63) is 15.6 Å². The Balaban J connectivity index is 3.18. The number of nitrogens with zero attached hydrogens (tertiary/aromatic N) is 2. The molecule has 1 heterocycles. The fourth-order valence-corrected chi connectivity index (χ4v) is 1.84. The molecule has 14 heavy (non-hydrogen) atoms. The summed E-state index contributed by atoms with van der Waals surface area (Å²) in [5.74, 6) is -1.14. The molecule has 0 aliphatic heterocycles. The molecule has 0 aromatic carbocycles. The topological polar surface area (TPSA) is 71.8 Å². The van der Waals surface area contributed by atoms with Gasteiger partial charge in [-0.2, -0.15) is 0 Å². The number of thiazole rings is 1. The number of oxime groups is 1. The molecule has 5 nitrogen and oxygen atoms in total. The largest absolute Gasteiger partial charge is 0.476 e. The van der Waals surface area contributed by atoms with Gasteiger partial charge in [0, 0.05) is 4.88 Å². The van der Waals surface area contributed by atoms with Gasteiger partial charge >= 0.3 is 5.97 Å². The lowest BCUT2D eigenvalue weighted by atomic mass is 10.2. The number of aliphatic carboxylic acids is 1. The lowest BCUT2D eigenvalue weighted by molar-refractivity contribution is -0.129. The molecule has 1 rings (SSSR count). The summed E-state index contributed by atoms with van der Waals surface area (Å²) in [6, 6.07) is 0.